The smallest absolute Gasteiger partial charge is 0.304 e. The summed E-state index contributed by atoms with van der Waals surface area (Å²) >= 11 is 0. The molecular formula is C26H27N3O3. The number of aliphatic carboxylic acids is 1. The van der Waals surface area contributed by atoms with Gasteiger partial charge in [0.05, 0.1) is 24.4 Å². The Balaban J connectivity index is 1.21. The largest absolute Gasteiger partial charge is 0.493 e. The number of hydrogen-bond acceptors (Lipinski definition) is 5. The first-order chi connectivity index (χ1) is 15.6. The topological polar surface area (TPSA) is 84.3 Å². The lowest BCUT2D eigenvalue weighted by Gasteiger charge is -2.17. The molecule has 0 spiro atoms. The Hall–Kier alpha value is -3.41. The van der Waals surface area contributed by atoms with Crippen molar-refractivity contribution < 1.29 is 14.6 Å². The highest BCUT2D eigenvalue weighted by molar-refractivity contribution is 5.71. The fourth-order valence-electron chi connectivity index (χ4n) is 4.87. The predicted octanol–water partition coefficient (Wildman–Crippen LogP) is 4.36. The van der Waals surface area contributed by atoms with Crippen LogP contribution in [0.5, 0.6) is 5.75 Å². The second kappa shape index (κ2) is 8.61. The molecule has 6 heteroatoms. The number of carboxylic acid groups (broad SMARTS) is 1. The highest BCUT2D eigenvalue weighted by atomic mass is 16.5. The fraction of sp³-hybridized carbons (Fsp3) is 0.346. The van der Waals surface area contributed by atoms with Crippen LogP contribution in [-0.4, -0.2) is 34.2 Å². The number of aromatic nitrogens is 2. The van der Waals surface area contributed by atoms with E-state index in [0.717, 1.165) is 66.2 Å². The molecule has 2 unspecified atom stereocenters. The summed E-state index contributed by atoms with van der Waals surface area (Å²) in [6, 6.07) is 16.1. The van der Waals surface area contributed by atoms with Crippen molar-refractivity contribution in [1.82, 2.24) is 9.97 Å². The Kier molecular flexibility index (Phi) is 5.52. The first-order valence-electron chi connectivity index (χ1n) is 11.2. The number of carboxylic acids is 1. The minimum Gasteiger partial charge on any atom is -0.493 e. The van der Waals surface area contributed by atoms with Crippen molar-refractivity contribution in [2.75, 3.05) is 18.5 Å². The van der Waals surface area contributed by atoms with Crippen molar-refractivity contribution in [2.24, 2.45) is 0 Å². The average molecular weight is 430 g/mol. The van der Waals surface area contributed by atoms with Crippen LogP contribution < -0.4 is 10.1 Å². The van der Waals surface area contributed by atoms with Crippen molar-refractivity contribution in [2.45, 2.75) is 43.4 Å². The molecule has 3 aromatic rings. The molecule has 164 valence electrons. The molecule has 1 aliphatic heterocycles. The van der Waals surface area contributed by atoms with Gasteiger partial charge in [0.15, 0.2) is 0 Å². The Morgan fingerprint density at radius 1 is 1.19 bits per heavy atom. The van der Waals surface area contributed by atoms with Crippen molar-refractivity contribution in [3.8, 4) is 5.75 Å². The summed E-state index contributed by atoms with van der Waals surface area (Å²) in [7, 11) is 0. The van der Waals surface area contributed by atoms with E-state index < -0.39 is 5.97 Å². The lowest BCUT2D eigenvalue weighted by molar-refractivity contribution is -0.137. The number of fused-ring (bicyclic) bond motifs is 1. The summed E-state index contributed by atoms with van der Waals surface area (Å²) in [6.07, 6.45) is 7.38. The van der Waals surface area contributed by atoms with Gasteiger partial charge in [0.25, 0.3) is 0 Å². The summed E-state index contributed by atoms with van der Waals surface area (Å²) in [5.74, 6) is 0.229. The number of carbonyl (C=O) groups is 1. The minimum absolute atomic E-state index is 0.116. The predicted molar refractivity (Wildman–Crippen MR) is 122 cm³/mol. The van der Waals surface area contributed by atoms with E-state index in [-0.39, 0.29) is 17.8 Å². The maximum Gasteiger partial charge on any atom is 0.304 e. The first-order valence-corrected chi connectivity index (χ1v) is 11.2. The molecule has 2 N–H and O–H groups in total. The maximum absolute atomic E-state index is 11.5. The summed E-state index contributed by atoms with van der Waals surface area (Å²) in [5, 5.41) is 12.9. The minimum atomic E-state index is -0.775. The number of nitrogens with one attached hydrogen (secondary N) is 1. The number of hydrogen-bond donors (Lipinski definition) is 2. The molecule has 32 heavy (non-hydrogen) atoms. The molecule has 1 aromatic carbocycles. The molecule has 3 heterocycles. The van der Waals surface area contributed by atoms with Gasteiger partial charge in [-0.1, -0.05) is 18.2 Å². The van der Waals surface area contributed by atoms with Crippen LogP contribution >= 0.6 is 0 Å². The third-order valence-corrected chi connectivity index (χ3v) is 6.63. The van der Waals surface area contributed by atoms with Crippen molar-refractivity contribution in [3.63, 3.8) is 0 Å². The fourth-order valence-corrected chi connectivity index (χ4v) is 4.87. The Morgan fingerprint density at radius 3 is 2.84 bits per heavy atom. The van der Waals surface area contributed by atoms with E-state index in [1.165, 1.54) is 0 Å². The van der Waals surface area contributed by atoms with E-state index in [2.05, 4.69) is 34.6 Å². The zero-order chi connectivity index (χ0) is 22.0. The molecule has 0 saturated heterocycles. The lowest BCUT2D eigenvalue weighted by Crippen LogP contribution is -2.15. The molecule has 6 nitrogen and oxygen atoms in total. The molecule has 2 atom stereocenters. The number of ether oxygens (including phenoxy) is 1. The molecule has 1 fully saturated rings. The quantitative estimate of drug-likeness (QED) is 0.554. The van der Waals surface area contributed by atoms with Crippen molar-refractivity contribution in [1.29, 1.82) is 0 Å². The van der Waals surface area contributed by atoms with Crippen LogP contribution in [0.25, 0.3) is 0 Å². The van der Waals surface area contributed by atoms with Gasteiger partial charge in [0.2, 0.25) is 0 Å². The van der Waals surface area contributed by atoms with Gasteiger partial charge >= 0.3 is 5.97 Å². The van der Waals surface area contributed by atoms with E-state index in [9.17, 15) is 9.90 Å². The van der Waals surface area contributed by atoms with Crippen molar-refractivity contribution >= 4 is 11.7 Å². The molecule has 5 rings (SSSR count). The van der Waals surface area contributed by atoms with E-state index >= 15 is 0 Å². The Bertz CT molecular complexity index is 1100. The number of nitrogens with zero attached hydrogens (tertiary/aromatic N) is 2. The van der Waals surface area contributed by atoms with Crippen LogP contribution in [-0.2, 0) is 23.1 Å². The second-order valence-corrected chi connectivity index (χ2v) is 8.72. The van der Waals surface area contributed by atoms with Crippen LogP contribution in [0.3, 0.4) is 0 Å². The van der Waals surface area contributed by atoms with E-state index in [0.29, 0.717) is 6.61 Å². The lowest BCUT2D eigenvalue weighted by atomic mass is 9.89. The third kappa shape index (κ3) is 4.17. The van der Waals surface area contributed by atoms with E-state index in [1.54, 1.807) is 12.4 Å². The monoisotopic (exact) mass is 429 g/mol. The first kappa shape index (κ1) is 20.5. The third-order valence-electron chi connectivity index (χ3n) is 6.63. The molecule has 2 aliphatic rings. The highest BCUT2D eigenvalue weighted by Crippen LogP contribution is 2.62. The zero-order valence-electron chi connectivity index (χ0n) is 18.0. The number of anilines is 1. The van der Waals surface area contributed by atoms with Gasteiger partial charge in [-0.15, -0.1) is 0 Å². The number of pyridine rings is 2. The average Bonchev–Trinajstić information content (AvgIpc) is 3.54. The van der Waals surface area contributed by atoms with Crippen LogP contribution in [0.1, 0.15) is 47.7 Å². The molecule has 0 amide bonds. The standard InChI is InChI=1S/C26H27N3O3/c30-25(31)16-26(19-3-1-12-27-17-19)15-22(26)18-5-8-21(9-6-18)32-14-11-20-7-10-23-24(29-20)4-2-13-28-23/h1,3,5-10,12,17,22,28H,2,4,11,13-16H2,(H,30,31). The van der Waals surface area contributed by atoms with Gasteiger partial charge < -0.3 is 15.2 Å². The van der Waals surface area contributed by atoms with Gasteiger partial charge in [-0.25, -0.2) is 0 Å². The van der Waals surface area contributed by atoms with Gasteiger partial charge in [0, 0.05) is 36.5 Å². The van der Waals surface area contributed by atoms with Gasteiger partial charge in [-0.3, -0.25) is 14.8 Å². The van der Waals surface area contributed by atoms with Gasteiger partial charge in [-0.2, -0.15) is 0 Å². The van der Waals surface area contributed by atoms with Crippen LogP contribution in [0.4, 0.5) is 5.69 Å². The van der Waals surface area contributed by atoms with Crippen molar-refractivity contribution in [3.05, 3.63) is 83.4 Å². The Labute approximate surface area is 187 Å². The van der Waals surface area contributed by atoms with E-state index in [4.69, 9.17) is 9.72 Å². The summed E-state index contributed by atoms with van der Waals surface area (Å²) < 4.78 is 5.95. The maximum atomic E-state index is 11.5. The SMILES string of the molecule is O=C(O)CC1(c2cccnc2)CC1c1ccc(OCCc2ccc3c(n2)CCCN3)cc1. The second-order valence-electron chi connectivity index (χ2n) is 8.72. The number of benzene rings is 1. The summed E-state index contributed by atoms with van der Waals surface area (Å²) in [5.41, 5.74) is 5.14. The number of aryl methyl sites for hydroxylation is 1. The molecular weight excluding hydrogens is 402 g/mol. The van der Waals surface area contributed by atoms with Gasteiger partial charge in [-0.05, 0) is 66.6 Å². The Morgan fingerprint density at radius 2 is 2.06 bits per heavy atom. The molecule has 1 saturated carbocycles. The highest BCUT2D eigenvalue weighted by Gasteiger charge is 2.57. The van der Waals surface area contributed by atoms with E-state index in [1.807, 2.05) is 24.3 Å². The molecule has 0 bridgehead atoms. The molecule has 1 aliphatic carbocycles. The van der Waals surface area contributed by atoms with Crippen LogP contribution in [0.15, 0.2) is 60.9 Å². The number of rotatable bonds is 8. The zero-order valence-corrected chi connectivity index (χ0v) is 18.0. The van der Waals surface area contributed by atoms with Crippen LogP contribution in [0.2, 0.25) is 0 Å². The van der Waals surface area contributed by atoms with Gasteiger partial charge in [0.1, 0.15) is 5.75 Å². The molecule has 0 radical (unpaired) electrons. The van der Waals surface area contributed by atoms with Crippen LogP contribution in [0, 0.1) is 0 Å². The summed E-state index contributed by atoms with van der Waals surface area (Å²) in [4.78, 5) is 20.5. The summed E-state index contributed by atoms with van der Waals surface area (Å²) in [6.45, 7) is 1.59. The normalized spacial score (nSPS) is 21.3. The molecule has 2 aromatic heterocycles.